The van der Waals surface area contributed by atoms with Crippen molar-refractivity contribution in [3.63, 3.8) is 0 Å². The molecule has 2 rings (SSSR count). The average molecular weight is 237 g/mol. The molecule has 6 nitrogen and oxygen atoms in total. The maximum absolute atomic E-state index is 11.5. The number of aromatic nitrogens is 1. The SMILES string of the molecule is O=C(O)CCn1c(=O)oc2ccc(CO)cc21. The van der Waals surface area contributed by atoms with E-state index in [1.54, 1.807) is 18.2 Å². The highest BCUT2D eigenvalue weighted by Crippen LogP contribution is 2.15. The van der Waals surface area contributed by atoms with Crippen molar-refractivity contribution in [1.82, 2.24) is 4.57 Å². The molecule has 2 N–H and O–H groups in total. The van der Waals surface area contributed by atoms with Gasteiger partial charge >= 0.3 is 11.7 Å². The van der Waals surface area contributed by atoms with Gasteiger partial charge in [0.25, 0.3) is 0 Å². The van der Waals surface area contributed by atoms with E-state index >= 15 is 0 Å². The number of carboxylic acid groups (broad SMARTS) is 1. The average Bonchev–Trinajstić information content (AvgIpc) is 2.61. The lowest BCUT2D eigenvalue weighted by molar-refractivity contribution is -0.137. The van der Waals surface area contributed by atoms with Crippen molar-refractivity contribution >= 4 is 17.1 Å². The molecule has 0 radical (unpaired) electrons. The highest BCUT2D eigenvalue weighted by atomic mass is 16.4. The van der Waals surface area contributed by atoms with Crippen molar-refractivity contribution in [2.45, 2.75) is 19.6 Å². The van der Waals surface area contributed by atoms with Crippen molar-refractivity contribution in [3.05, 3.63) is 34.3 Å². The van der Waals surface area contributed by atoms with Gasteiger partial charge in [0, 0.05) is 6.54 Å². The van der Waals surface area contributed by atoms with Crippen LogP contribution in [0.1, 0.15) is 12.0 Å². The molecule has 0 saturated heterocycles. The zero-order valence-corrected chi connectivity index (χ0v) is 8.92. The van der Waals surface area contributed by atoms with Crippen molar-refractivity contribution in [3.8, 4) is 0 Å². The monoisotopic (exact) mass is 237 g/mol. The van der Waals surface area contributed by atoms with Gasteiger partial charge in [-0.1, -0.05) is 6.07 Å². The van der Waals surface area contributed by atoms with Crippen molar-refractivity contribution in [1.29, 1.82) is 0 Å². The van der Waals surface area contributed by atoms with E-state index in [1.807, 2.05) is 0 Å². The van der Waals surface area contributed by atoms with Crippen LogP contribution in [0.3, 0.4) is 0 Å². The van der Waals surface area contributed by atoms with Crippen molar-refractivity contribution < 1.29 is 19.4 Å². The number of aryl methyl sites for hydroxylation is 1. The quantitative estimate of drug-likeness (QED) is 0.810. The Morgan fingerprint density at radius 2 is 2.18 bits per heavy atom. The van der Waals surface area contributed by atoms with Gasteiger partial charge in [-0.25, -0.2) is 4.79 Å². The second-order valence-corrected chi connectivity index (χ2v) is 3.62. The predicted molar refractivity (Wildman–Crippen MR) is 58.6 cm³/mol. The molecule has 0 aliphatic carbocycles. The zero-order valence-electron chi connectivity index (χ0n) is 8.92. The van der Waals surface area contributed by atoms with Gasteiger partial charge in [0.1, 0.15) is 0 Å². The topological polar surface area (TPSA) is 92.7 Å². The lowest BCUT2D eigenvalue weighted by atomic mass is 10.2. The Bertz CT molecular complexity index is 610. The maximum atomic E-state index is 11.5. The summed E-state index contributed by atoms with van der Waals surface area (Å²) in [5.41, 5.74) is 1.53. The second kappa shape index (κ2) is 4.42. The molecule has 0 spiro atoms. The number of carbonyl (C=O) groups is 1. The Morgan fingerprint density at radius 3 is 2.82 bits per heavy atom. The number of aliphatic hydroxyl groups excluding tert-OH is 1. The fourth-order valence-corrected chi connectivity index (χ4v) is 1.63. The summed E-state index contributed by atoms with van der Waals surface area (Å²) in [6, 6.07) is 4.84. The molecule has 0 atom stereocenters. The summed E-state index contributed by atoms with van der Waals surface area (Å²) in [6.45, 7) is -0.0930. The molecule has 0 unspecified atom stereocenters. The van der Waals surface area contributed by atoms with Gasteiger partial charge < -0.3 is 14.6 Å². The van der Waals surface area contributed by atoms with E-state index in [0.29, 0.717) is 16.7 Å². The van der Waals surface area contributed by atoms with E-state index < -0.39 is 11.7 Å². The number of carboxylic acids is 1. The molecule has 0 amide bonds. The molecular formula is C11H11NO5. The largest absolute Gasteiger partial charge is 0.481 e. The van der Waals surface area contributed by atoms with Crippen molar-refractivity contribution in [2.24, 2.45) is 0 Å². The number of hydrogen-bond donors (Lipinski definition) is 2. The number of rotatable bonds is 4. The molecule has 0 bridgehead atoms. The van der Waals surface area contributed by atoms with E-state index in [0.717, 1.165) is 0 Å². The summed E-state index contributed by atoms with van der Waals surface area (Å²) in [5, 5.41) is 17.6. The number of nitrogens with zero attached hydrogens (tertiary/aromatic N) is 1. The van der Waals surface area contributed by atoms with Crippen LogP contribution in [0.5, 0.6) is 0 Å². The fourth-order valence-electron chi connectivity index (χ4n) is 1.63. The van der Waals surface area contributed by atoms with Crippen LogP contribution in [-0.4, -0.2) is 20.7 Å². The standard InChI is InChI=1S/C11H11NO5/c13-6-7-1-2-9-8(5-7)12(11(16)17-9)4-3-10(14)15/h1-2,5,13H,3-4,6H2,(H,14,15). The van der Waals surface area contributed by atoms with Gasteiger partial charge in [0.05, 0.1) is 18.5 Å². The van der Waals surface area contributed by atoms with Crippen LogP contribution >= 0.6 is 0 Å². The van der Waals surface area contributed by atoms with Gasteiger partial charge in [0.15, 0.2) is 5.58 Å². The first-order chi connectivity index (χ1) is 8.11. The van der Waals surface area contributed by atoms with Crippen LogP contribution in [0.25, 0.3) is 11.1 Å². The van der Waals surface area contributed by atoms with Crippen LogP contribution < -0.4 is 5.76 Å². The minimum Gasteiger partial charge on any atom is -0.481 e. The minimum atomic E-state index is -0.982. The Balaban J connectivity index is 2.48. The van der Waals surface area contributed by atoms with Gasteiger partial charge in [-0.05, 0) is 17.7 Å². The lowest BCUT2D eigenvalue weighted by Crippen LogP contribution is -2.16. The summed E-state index contributed by atoms with van der Waals surface area (Å²) in [6.07, 6.45) is -0.155. The predicted octanol–water partition coefficient (Wildman–Crippen LogP) is 0.562. The van der Waals surface area contributed by atoms with Crippen LogP contribution in [0.2, 0.25) is 0 Å². The van der Waals surface area contributed by atoms with Gasteiger partial charge in [-0.2, -0.15) is 0 Å². The summed E-state index contributed by atoms with van der Waals surface area (Å²) in [4.78, 5) is 22.0. The molecule has 6 heteroatoms. The van der Waals surface area contributed by atoms with E-state index in [-0.39, 0.29) is 19.6 Å². The molecule has 0 aliphatic rings. The Labute approximate surface area is 95.7 Å². The number of hydrogen-bond acceptors (Lipinski definition) is 4. The maximum Gasteiger partial charge on any atom is 0.419 e. The molecular weight excluding hydrogens is 226 g/mol. The number of oxazole rings is 1. The first kappa shape index (κ1) is 11.4. The fraction of sp³-hybridized carbons (Fsp3) is 0.273. The first-order valence-corrected chi connectivity index (χ1v) is 5.06. The second-order valence-electron chi connectivity index (χ2n) is 3.62. The number of aliphatic carboxylic acids is 1. The Hall–Kier alpha value is -2.08. The van der Waals surface area contributed by atoms with E-state index in [9.17, 15) is 9.59 Å². The Morgan fingerprint density at radius 1 is 1.41 bits per heavy atom. The molecule has 0 aliphatic heterocycles. The summed E-state index contributed by atoms with van der Waals surface area (Å²) < 4.78 is 6.22. The van der Waals surface area contributed by atoms with E-state index in [1.165, 1.54) is 4.57 Å². The third-order valence-electron chi connectivity index (χ3n) is 2.46. The molecule has 1 aromatic heterocycles. The first-order valence-electron chi connectivity index (χ1n) is 5.06. The summed E-state index contributed by atoms with van der Waals surface area (Å²) >= 11 is 0. The van der Waals surface area contributed by atoms with Crippen LogP contribution in [0, 0.1) is 0 Å². The highest BCUT2D eigenvalue weighted by Gasteiger charge is 2.10. The molecule has 2 aromatic rings. The zero-order chi connectivity index (χ0) is 12.4. The molecule has 1 aromatic carbocycles. The van der Waals surface area contributed by atoms with Gasteiger partial charge in [-0.15, -0.1) is 0 Å². The normalized spacial score (nSPS) is 10.9. The summed E-state index contributed by atoms with van der Waals surface area (Å²) in [7, 11) is 0. The minimum absolute atomic E-state index is 0.0516. The molecule has 0 fully saturated rings. The number of fused-ring (bicyclic) bond motifs is 1. The van der Waals surface area contributed by atoms with E-state index in [2.05, 4.69) is 0 Å². The van der Waals surface area contributed by atoms with Crippen LogP contribution in [0.15, 0.2) is 27.4 Å². The lowest BCUT2D eigenvalue weighted by Gasteiger charge is -2.00. The molecule has 90 valence electrons. The third kappa shape index (κ3) is 2.21. The van der Waals surface area contributed by atoms with Crippen LogP contribution in [-0.2, 0) is 17.9 Å². The van der Waals surface area contributed by atoms with Gasteiger partial charge in [-0.3, -0.25) is 9.36 Å². The smallest absolute Gasteiger partial charge is 0.419 e. The van der Waals surface area contributed by atoms with Crippen molar-refractivity contribution in [2.75, 3.05) is 0 Å². The molecule has 1 heterocycles. The molecule has 0 saturated carbocycles. The third-order valence-corrected chi connectivity index (χ3v) is 2.46. The number of aliphatic hydroxyl groups is 1. The van der Waals surface area contributed by atoms with Gasteiger partial charge in [0.2, 0.25) is 0 Å². The molecule has 17 heavy (non-hydrogen) atoms. The number of benzene rings is 1. The van der Waals surface area contributed by atoms with E-state index in [4.69, 9.17) is 14.6 Å². The van der Waals surface area contributed by atoms with Crippen LogP contribution in [0.4, 0.5) is 0 Å². The Kier molecular flexibility index (Phi) is 2.97. The highest BCUT2D eigenvalue weighted by molar-refractivity contribution is 5.74. The summed E-state index contributed by atoms with van der Waals surface area (Å²) in [5.74, 6) is -1.57.